The molecule has 1 saturated heterocycles. The average molecular weight is 285 g/mol. The first kappa shape index (κ1) is 16.1. The van der Waals surface area contributed by atoms with Gasteiger partial charge in [0.2, 0.25) is 0 Å². The number of allylic oxidation sites excluding steroid dienone is 3. The zero-order valence-electron chi connectivity index (χ0n) is 12.8. The molecule has 0 amide bonds. The Morgan fingerprint density at radius 3 is 2.81 bits per heavy atom. The van der Waals surface area contributed by atoms with Gasteiger partial charge in [0.1, 0.15) is 0 Å². The second-order valence-corrected chi connectivity index (χ2v) is 6.30. The van der Waals surface area contributed by atoms with E-state index in [0.29, 0.717) is 6.04 Å². The first-order valence-corrected chi connectivity index (χ1v) is 8.08. The predicted octanol–water partition coefficient (Wildman–Crippen LogP) is 3.35. The Morgan fingerprint density at radius 1 is 1.33 bits per heavy atom. The molecule has 4 atom stereocenters. The lowest BCUT2D eigenvalue weighted by atomic mass is 9.66. The Balaban J connectivity index is 2.12. The number of aliphatic hydroxyl groups excluding tert-OH is 1. The van der Waals surface area contributed by atoms with Crippen LogP contribution in [0, 0.1) is 18.3 Å². The lowest BCUT2D eigenvalue weighted by molar-refractivity contribution is 0.00393. The lowest BCUT2D eigenvalue weighted by Crippen LogP contribution is -2.61. The highest BCUT2D eigenvalue weighted by Crippen LogP contribution is 2.41. The Bertz CT molecular complexity index is 441. The molecule has 0 aromatic heterocycles. The number of nitrogens with one attached hydrogen (secondary N) is 1. The number of hydrogen-bond donors (Lipinski definition) is 2. The number of piperidine rings is 1. The zero-order chi connectivity index (χ0) is 15.1. The van der Waals surface area contributed by atoms with Crippen LogP contribution < -0.4 is 5.32 Å². The molecule has 4 unspecified atom stereocenters. The molecule has 2 aliphatic rings. The predicted molar refractivity (Wildman–Crippen MR) is 88.8 cm³/mol. The molecule has 2 heteroatoms. The summed E-state index contributed by atoms with van der Waals surface area (Å²) in [7, 11) is 0. The molecule has 2 fully saturated rings. The van der Waals surface area contributed by atoms with E-state index in [4.69, 9.17) is 6.42 Å². The van der Waals surface area contributed by atoms with Crippen molar-refractivity contribution in [1.82, 2.24) is 5.32 Å². The van der Waals surface area contributed by atoms with E-state index in [1.807, 2.05) is 18.2 Å². The van der Waals surface area contributed by atoms with Gasteiger partial charge in [-0.05, 0) is 44.6 Å². The molecule has 2 rings (SSSR count). The van der Waals surface area contributed by atoms with Gasteiger partial charge in [0.15, 0.2) is 0 Å². The second-order valence-electron chi connectivity index (χ2n) is 6.30. The van der Waals surface area contributed by atoms with Crippen molar-refractivity contribution in [3.8, 4) is 12.3 Å². The molecule has 0 aromatic rings. The van der Waals surface area contributed by atoms with Crippen LogP contribution in [0.15, 0.2) is 37.0 Å². The molecule has 114 valence electrons. The van der Waals surface area contributed by atoms with Crippen molar-refractivity contribution < 1.29 is 5.11 Å². The number of aliphatic hydroxyl groups is 1. The third kappa shape index (κ3) is 3.87. The first-order valence-electron chi connectivity index (χ1n) is 8.08. The van der Waals surface area contributed by atoms with Crippen LogP contribution in [0.4, 0.5) is 0 Å². The van der Waals surface area contributed by atoms with Gasteiger partial charge in [-0.2, -0.15) is 0 Å². The number of rotatable bonds is 4. The highest BCUT2D eigenvalue weighted by Gasteiger charge is 2.45. The zero-order valence-corrected chi connectivity index (χ0v) is 12.8. The third-order valence-corrected chi connectivity index (χ3v) is 4.93. The Kier molecular flexibility index (Phi) is 5.85. The highest BCUT2D eigenvalue weighted by atomic mass is 16.3. The van der Waals surface area contributed by atoms with Crippen molar-refractivity contribution in [2.45, 2.75) is 62.6 Å². The Labute approximate surface area is 129 Å². The van der Waals surface area contributed by atoms with Gasteiger partial charge in [0.05, 0.1) is 6.10 Å². The summed E-state index contributed by atoms with van der Waals surface area (Å²) >= 11 is 0. The van der Waals surface area contributed by atoms with E-state index in [-0.39, 0.29) is 17.6 Å². The minimum Gasteiger partial charge on any atom is -0.392 e. The van der Waals surface area contributed by atoms with Crippen LogP contribution >= 0.6 is 0 Å². The fourth-order valence-electron chi connectivity index (χ4n) is 4.00. The molecule has 21 heavy (non-hydrogen) atoms. The van der Waals surface area contributed by atoms with Crippen molar-refractivity contribution in [2.75, 3.05) is 0 Å². The largest absolute Gasteiger partial charge is 0.392 e. The molecule has 1 saturated carbocycles. The minimum atomic E-state index is -0.279. The fourth-order valence-corrected chi connectivity index (χ4v) is 4.00. The van der Waals surface area contributed by atoms with Crippen molar-refractivity contribution in [1.29, 1.82) is 0 Å². The molecule has 1 heterocycles. The number of terminal acetylenes is 1. The van der Waals surface area contributed by atoms with E-state index < -0.39 is 0 Å². The summed E-state index contributed by atoms with van der Waals surface area (Å²) in [6.45, 7) is 3.71. The summed E-state index contributed by atoms with van der Waals surface area (Å²) in [6, 6.07) is 0.488. The van der Waals surface area contributed by atoms with Crippen LogP contribution in [-0.2, 0) is 0 Å². The Morgan fingerprint density at radius 2 is 2.10 bits per heavy atom. The summed E-state index contributed by atoms with van der Waals surface area (Å²) in [5.74, 6) is 2.70. The second kappa shape index (κ2) is 7.64. The molecule has 0 bridgehead atoms. The Hall–Kier alpha value is -1.30. The van der Waals surface area contributed by atoms with E-state index in [2.05, 4.69) is 23.9 Å². The molecular weight excluding hydrogens is 258 g/mol. The van der Waals surface area contributed by atoms with Gasteiger partial charge in [0, 0.05) is 17.5 Å². The molecule has 1 spiro atoms. The van der Waals surface area contributed by atoms with Crippen molar-refractivity contribution in [2.24, 2.45) is 5.92 Å². The molecule has 0 radical (unpaired) electrons. The van der Waals surface area contributed by atoms with Crippen LogP contribution in [0.3, 0.4) is 0 Å². The van der Waals surface area contributed by atoms with Crippen LogP contribution in [0.2, 0.25) is 0 Å². The normalized spacial score (nSPS) is 37.0. The summed E-state index contributed by atoms with van der Waals surface area (Å²) in [5.41, 5.74) is 0.0238. The number of hydrogen-bond acceptors (Lipinski definition) is 2. The van der Waals surface area contributed by atoms with Gasteiger partial charge in [-0.15, -0.1) is 6.42 Å². The summed E-state index contributed by atoms with van der Waals surface area (Å²) in [4.78, 5) is 0. The molecular formula is C19H27NO. The fraction of sp³-hybridized carbons (Fsp3) is 0.579. The van der Waals surface area contributed by atoms with E-state index in [9.17, 15) is 5.11 Å². The standard InChI is InChI=1S/C19H27NO/c1-3-5-7-10-16-11-8-14-19(20-16)15-9-13-18(21)17(19)12-6-4-2/h2-3,5-7,12,16-18,20-21H,1,8-11,13-15H2. The van der Waals surface area contributed by atoms with E-state index in [0.717, 1.165) is 32.1 Å². The highest BCUT2D eigenvalue weighted by molar-refractivity contribution is 5.17. The topological polar surface area (TPSA) is 32.3 Å². The van der Waals surface area contributed by atoms with Gasteiger partial charge in [-0.1, -0.05) is 43.2 Å². The molecule has 0 aromatic carbocycles. The van der Waals surface area contributed by atoms with Crippen LogP contribution in [0.25, 0.3) is 0 Å². The smallest absolute Gasteiger partial charge is 0.0620 e. The van der Waals surface area contributed by atoms with Crippen LogP contribution in [-0.4, -0.2) is 22.8 Å². The molecule has 1 aliphatic heterocycles. The molecule has 1 aliphatic carbocycles. The summed E-state index contributed by atoms with van der Waals surface area (Å²) in [6.07, 6.45) is 22.5. The van der Waals surface area contributed by atoms with Gasteiger partial charge in [0.25, 0.3) is 0 Å². The van der Waals surface area contributed by atoms with Gasteiger partial charge < -0.3 is 10.4 Å². The van der Waals surface area contributed by atoms with Crippen molar-refractivity contribution in [3.63, 3.8) is 0 Å². The first-order chi connectivity index (χ1) is 10.2. The average Bonchev–Trinajstić information content (AvgIpc) is 2.47. The minimum absolute atomic E-state index is 0.0238. The third-order valence-electron chi connectivity index (χ3n) is 4.93. The SMILES string of the molecule is C#CC=CC1C(O)CCCC12CCCC(CC=CC=C)N2. The van der Waals surface area contributed by atoms with Crippen LogP contribution in [0.5, 0.6) is 0 Å². The van der Waals surface area contributed by atoms with Gasteiger partial charge in [-0.3, -0.25) is 0 Å². The van der Waals surface area contributed by atoms with E-state index in [1.165, 1.54) is 12.8 Å². The van der Waals surface area contributed by atoms with Gasteiger partial charge >= 0.3 is 0 Å². The maximum atomic E-state index is 10.4. The van der Waals surface area contributed by atoms with Crippen molar-refractivity contribution in [3.05, 3.63) is 37.0 Å². The molecule has 2 N–H and O–H groups in total. The monoisotopic (exact) mass is 285 g/mol. The van der Waals surface area contributed by atoms with E-state index in [1.54, 1.807) is 6.08 Å². The maximum Gasteiger partial charge on any atom is 0.0620 e. The van der Waals surface area contributed by atoms with Crippen molar-refractivity contribution >= 4 is 0 Å². The lowest BCUT2D eigenvalue weighted by Gasteiger charge is -2.51. The summed E-state index contributed by atoms with van der Waals surface area (Å²) in [5, 5.41) is 14.3. The van der Waals surface area contributed by atoms with Crippen LogP contribution in [0.1, 0.15) is 44.9 Å². The quantitative estimate of drug-likeness (QED) is 0.613. The summed E-state index contributed by atoms with van der Waals surface area (Å²) < 4.78 is 0. The van der Waals surface area contributed by atoms with E-state index >= 15 is 0 Å². The molecule has 2 nitrogen and oxygen atoms in total. The maximum absolute atomic E-state index is 10.4. The van der Waals surface area contributed by atoms with Gasteiger partial charge in [-0.25, -0.2) is 0 Å².